The van der Waals surface area contributed by atoms with Crippen LogP contribution >= 0.6 is 0 Å². The molecule has 2 heterocycles. The van der Waals surface area contributed by atoms with Crippen molar-refractivity contribution in [2.75, 3.05) is 25.0 Å². The predicted molar refractivity (Wildman–Crippen MR) is 148 cm³/mol. The molecule has 0 saturated carbocycles. The molecule has 0 spiro atoms. The fourth-order valence-electron chi connectivity index (χ4n) is 3.54. The van der Waals surface area contributed by atoms with Crippen LogP contribution in [0.15, 0.2) is 72.0 Å². The topological polar surface area (TPSA) is 83.0 Å². The maximum absolute atomic E-state index is 12.8. The molecule has 2 aliphatic heterocycles. The highest BCUT2D eigenvalue weighted by molar-refractivity contribution is 6.03. The fourth-order valence-corrected chi connectivity index (χ4v) is 3.54. The summed E-state index contributed by atoms with van der Waals surface area (Å²) in [5, 5.41) is 11.8. The van der Waals surface area contributed by atoms with Crippen LogP contribution in [0, 0.1) is 6.92 Å². The number of aryl methyl sites for hydroxylation is 1. The van der Waals surface area contributed by atoms with Crippen LogP contribution in [0.1, 0.15) is 62.0 Å². The Labute approximate surface area is 214 Å². The summed E-state index contributed by atoms with van der Waals surface area (Å²) in [5.74, 6) is 0.553. The van der Waals surface area contributed by atoms with Gasteiger partial charge in [-0.15, -0.1) is 0 Å². The lowest BCUT2D eigenvalue weighted by atomic mass is 10.0. The minimum absolute atomic E-state index is 0.145. The average molecular weight is 491 g/mol. The Kier molecular flexibility index (Phi) is 12.0. The van der Waals surface area contributed by atoms with Gasteiger partial charge in [-0.1, -0.05) is 38.1 Å². The van der Waals surface area contributed by atoms with Crippen molar-refractivity contribution in [1.82, 2.24) is 10.3 Å². The van der Waals surface area contributed by atoms with Gasteiger partial charge in [0.25, 0.3) is 5.91 Å². The van der Waals surface area contributed by atoms with Gasteiger partial charge >= 0.3 is 0 Å². The molecule has 0 atom stereocenters. The summed E-state index contributed by atoms with van der Waals surface area (Å²) in [5.41, 5.74) is 4.14. The number of amides is 2. The summed E-state index contributed by atoms with van der Waals surface area (Å²) in [6.45, 7) is 11.6. The Bertz CT molecular complexity index is 1080. The molecule has 0 bridgehead atoms. The Morgan fingerprint density at radius 1 is 1.11 bits per heavy atom. The Hall–Kier alpha value is -3.87. The second-order valence-electron chi connectivity index (χ2n) is 7.95. The van der Waals surface area contributed by atoms with Gasteiger partial charge in [0.15, 0.2) is 0 Å². The van der Waals surface area contributed by atoms with Gasteiger partial charge in [0.2, 0.25) is 5.91 Å². The lowest BCUT2D eigenvalue weighted by Crippen LogP contribution is -2.32. The number of benzene rings is 2. The van der Waals surface area contributed by atoms with Gasteiger partial charge in [0.1, 0.15) is 5.75 Å². The maximum Gasteiger partial charge on any atom is 0.273 e. The third kappa shape index (κ3) is 8.73. The number of anilines is 1. The molecule has 2 aromatic carbocycles. The van der Waals surface area contributed by atoms with E-state index in [4.69, 9.17) is 4.74 Å². The molecule has 192 valence electrons. The molecule has 2 aliphatic rings. The Morgan fingerprint density at radius 2 is 1.86 bits per heavy atom. The smallest absolute Gasteiger partial charge is 0.273 e. The first-order valence-corrected chi connectivity index (χ1v) is 12.5. The van der Waals surface area contributed by atoms with Crippen molar-refractivity contribution >= 4 is 23.2 Å². The molecule has 0 fully saturated rings. The van der Waals surface area contributed by atoms with Crippen molar-refractivity contribution in [3.05, 3.63) is 83.6 Å². The number of nitrogens with one attached hydrogen (secondary N) is 2. The first-order chi connectivity index (χ1) is 17.5. The molecule has 0 aromatic heterocycles. The number of rotatable bonds is 5. The van der Waals surface area contributed by atoms with Gasteiger partial charge in [-0.2, -0.15) is 5.10 Å². The quantitative estimate of drug-likeness (QED) is 0.565. The molecule has 2 amide bonds. The number of allylic oxidation sites excluding steroid dienone is 2. The minimum Gasteiger partial charge on any atom is -0.494 e. The van der Waals surface area contributed by atoms with Crippen molar-refractivity contribution in [3.8, 4) is 5.75 Å². The highest BCUT2D eigenvalue weighted by atomic mass is 16.5. The molecule has 2 aromatic rings. The van der Waals surface area contributed by atoms with E-state index in [2.05, 4.69) is 21.8 Å². The van der Waals surface area contributed by atoms with Crippen LogP contribution in [0.5, 0.6) is 5.75 Å². The summed E-state index contributed by atoms with van der Waals surface area (Å²) in [4.78, 5) is 24.0. The molecule has 7 heteroatoms. The van der Waals surface area contributed by atoms with E-state index >= 15 is 0 Å². The van der Waals surface area contributed by atoms with Crippen LogP contribution in [0.2, 0.25) is 0 Å². The maximum atomic E-state index is 12.8. The number of hydrogen-bond donors (Lipinski definition) is 2. The average Bonchev–Trinajstić information content (AvgIpc) is 2.92. The van der Waals surface area contributed by atoms with Crippen LogP contribution in [0.4, 0.5) is 5.69 Å². The van der Waals surface area contributed by atoms with Crippen LogP contribution in [0.25, 0.3) is 0 Å². The van der Waals surface area contributed by atoms with Gasteiger partial charge in [0, 0.05) is 36.8 Å². The van der Waals surface area contributed by atoms with Crippen molar-refractivity contribution in [2.45, 2.75) is 47.5 Å². The first-order valence-electron chi connectivity index (χ1n) is 12.5. The van der Waals surface area contributed by atoms with E-state index in [1.165, 1.54) is 11.9 Å². The number of nitrogens with zero attached hydrogens (tertiary/aromatic N) is 2. The van der Waals surface area contributed by atoms with E-state index in [1.54, 1.807) is 24.3 Å². The number of carbonyl (C=O) groups excluding carboxylic acids is 2. The van der Waals surface area contributed by atoms with Gasteiger partial charge in [-0.05, 0) is 74.9 Å². The van der Waals surface area contributed by atoms with Gasteiger partial charge in [-0.3, -0.25) is 9.59 Å². The SMILES string of the molecule is C1=CCNC=C1.CC.CCOc1cc(C2=NN(C(=O)c3ccc(NC(C)=O)cc3)CCC2)ccc1C. The number of hydrazone groups is 1. The summed E-state index contributed by atoms with van der Waals surface area (Å²) in [6, 6.07) is 12.9. The Morgan fingerprint density at radius 3 is 2.42 bits per heavy atom. The zero-order valence-corrected chi connectivity index (χ0v) is 22.0. The van der Waals surface area contributed by atoms with Crippen LogP contribution in [-0.4, -0.2) is 42.2 Å². The monoisotopic (exact) mass is 490 g/mol. The molecule has 4 rings (SSSR count). The van der Waals surface area contributed by atoms with Gasteiger partial charge in [0.05, 0.1) is 12.3 Å². The second kappa shape index (κ2) is 15.2. The fraction of sp³-hybridized carbons (Fsp3) is 0.345. The van der Waals surface area contributed by atoms with E-state index in [0.29, 0.717) is 24.4 Å². The highest BCUT2D eigenvalue weighted by Gasteiger charge is 2.21. The third-order valence-electron chi connectivity index (χ3n) is 5.23. The summed E-state index contributed by atoms with van der Waals surface area (Å²) in [6.07, 6.45) is 9.67. The number of dihydropyridines is 1. The standard InChI is InChI=1S/C22H25N3O3.C5H7N.C2H6/c1-4-28-21-14-18(8-7-15(21)2)20-6-5-13-25(24-20)22(27)17-9-11-19(12-10-17)23-16(3)26;1-2-4-6-5-3-1;1-2/h7-12,14H,4-6,13H2,1-3H3,(H,23,26);1-4,6H,5H2;1-2H3. The number of ether oxygens (including phenoxy) is 1. The minimum atomic E-state index is -0.149. The molecule has 0 unspecified atom stereocenters. The van der Waals surface area contributed by atoms with Crippen molar-refractivity contribution < 1.29 is 14.3 Å². The van der Waals surface area contributed by atoms with Crippen LogP contribution in [0.3, 0.4) is 0 Å². The van der Waals surface area contributed by atoms with Crippen molar-refractivity contribution in [2.24, 2.45) is 5.10 Å². The number of carbonyl (C=O) groups is 2. The Balaban J connectivity index is 0.000000491. The first kappa shape index (κ1) is 28.4. The van der Waals surface area contributed by atoms with E-state index in [-0.39, 0.29) is 11.8 Å². The molecule has 7 nitrogen and oxygen atoms in total. The highest BCUT2D eigenvalue weighted by Crippen LogP contribution is 2.23. The van der Waals surface area contributed by atoms with Gasteiger partial charge in [-0.25, -0.2) is 5.01 Å². The van der Waals surface area contributed by atoms with Crippen molar-refractivity contribution in [1.29, 1.82) is 0 Å². The molecule has 0 radical (unpaired) electrons. The molecular weight excluding hydrogens is 452 g/mol. The lowest BCUT2D eigenvalue weighted by molar-refractivity contribution is -0.114. The van der Waals surface area contributed by atoms with Gasteiger partial charge < -0.3 is 15.4 Å². The molecule has 0 aliphatic carbocycles. The predicted octanol–water partition coefficient (Wildman–Crippen LogP) is 5.68. The van der Waals surface area contributed by atoms with E-state index in [9.17, 15) is 9.59 Å². The zero-order chi connectivity index (χ0) is 26.3. The summed E-state index contributed by atoms with van der Waals surface area (Å²) in [7, 11) is 0. The zero-order valence-electron chi connectivity index (χ0n) is 22.0. The summed E-state index contributed by atoms with van der Waals surface area (Å²) >= 11 is 0. The summed E-state index contributed by atoms with van der Waals surface area (Å²) < 4.78 is 5.68. The molecule has 2 N–H and O–H groups in total. The molecule has 0 saturated heterocycles. The number of hydrogen-bond acceptors (Lipinski definition) is 5. The normalized spacial score (nSPS) is 13.7. The largest absolute Gasteiger partial charge is 0.494 e. The lowest BCUT2D eigenvalue weighted by Gasteiger charge is -2.24. The molecular formula is C29H38N4O3. The van der Waals surface area contributed by atoms with Crippen molar-refractivity contribution in [3.63, 3.8) is 0 Å². The second-order valence-corrected chi connectivity index (χ2v) is 7.95. The van der Waals surface area contributed by atoms with E-state index < -0.39 is 0 Å². The van der Waals surface area contributed by atoms with Crippen LogP contribution < -0.4 is 15.4 Å². The van der Waals surface area contributed by atoms with Crippen LogP contribution in [-0.2, 0) is 4.79 Å². The van der Waals surface area contributed by atoms with E-state index in [0.717, 1.165) is 42.0 Å². The van der Waals surface area contributed by atoms with E-state index in [1.807, 2.05) is 64.2 Å². The third-order valence-corrected chi connectivity index (χ3v) is 5.23. The molecule has 36 heavy (non-hydrogen) atoms.